The Morgan fingerprint density at radius 1 is 1.06 bits per heavy atom. The molecule has 0 fully saturated rings. The first-order valence-electron chi connectivity index (χ1n) is 10.9. The molecule has 4 aromatic rings. The first-order valence-corrected chi connectivity index (χ1v) is 10.9. The summed E-state index contributed by atoms with van der Waals surface area (Å²) in [5.41, 5.74) is 5.13. The van der Waals surface area contributed by atoms with Crippen molar-refractivity contribution in [2.24, 2.45) is 0 Å². The van der Waals surface area contributed by atoms with Gasteiger partial charge in [0.15, 0.2) is 17.2 Å². The fraction of sp³-hybridized carbons (Fsp3) is 0.192. The summed E-state index contributed by atoms with van der Waals surface area (Å²) in [7, 11) is 1.59. The number of aromatic nitrogens is 3. The molecule has 2 heterocycles. The lowest BCUT2D eigenvalue weighted by Gasteiger charge is -2.13. The Balaban J connectivity index is 1.38. The largest absolute Gasteiger partial charge is 0.493 e. The minimum atomic E-state index is -0.230. The van der Waals surface area contributed by atoms with Crippen LogP contribution in [0.25, 0.3) is 5.69 Å². The summed E-state index contributed by atoms with van der Waals surface area (Å²) >= 11 is 0. The number of rotatable bonds is 7. The van der Waals surface area contributed by atoms with E-state index < -0.39 is 0 Å². The molecular weight excluding hydrogens is 416 g/mol. The number of carbonyl (C=O) groups excluding carboxylic acids is 1. The van der Waals surface area contributed by atoms with Gasteiger partial charge in [-0.1, -0.05) is 24.3 Å². The van der Waals surface area contributed by atoms with Gasteiger partial charge in [0, 0.05) is 41.0 Å². The summed E-state index contributed by atoms with van der Waals surface area (Å²) in [6.45, 7) is 0.344. The van der Waals surface area contributed by atoms with E-state index in [1.807, 2.05) is 47.1 Å². The smallest absolute Gasteiger partial charge is 0.276 e. The molecule has 0 radical (unpaired) electrons. The molecule has 2 aromatic carbocycles. The van der Waals surface area contributed by atoms with Gasteiger partial charge in [-0.15, -0.1) is 0 Å². The van der Waals surface area contributed by atoms with Gasteiger partial charge >= 0.3 is 0 Å². The van der Waals surface area contributed by atoms with E-state index in [-0.39, 0.29) is 5.91 Å². The Kier molecular flexibility index (Phi) is 5.76. The third-order valence-corrected chi connectivity index (χ3v) is 5.68. The molecule has 0 unspecified atom stereocenters. The van der Waals surface area contributed by atoms with Crippen molar-refractivity contribution in [1.29, 1.82) is 0 Å². The number of para-hydroxylation sites is 1. The number of benzene rings is 2. The highest BCUT2D eigenvalue weighted by atomic mass is 16.5. The van der Waals surface area contributed by atoms with Crippen LogP contribution in [0.4, 0.5) is 5.69 Å². The number of pyridine rings is 1. The van der Waals surface area contributed by atoms with Crippen molar-refractivity contribution in [3.8, 4) is 17.2 Å². The number of anilines is 1. The van der Waals surface area contributed by atoms with Crippen LogP contribution < -0.4 is 14.8 Å². The molecule has 1 aliphatic rings. The topological polar surface area (TPSA) is 78.3 Å². The van der Waals surface area contributed by atoms with Crippen molar-refractivity contribution in [1.82, 2.24) is 14.8 Å². The Bertz CT molecular complexity index is 1270. The normalized spacial score (nSPS) is 12.3. The van der Waals surface area contributed by atoms with E-state index in [4.69, 9.17) is 9.47 Å². The molecule has 0 spiro atoms. The monoisotopic (exact) mass is 440 g/mol. The molecule has 0 aliphatic heterocycles. The molecule has 0 saturated carbocycles. The summed E-state index contributed by atoms with van der Waals surface area (Å²) in [5, 5.41) is 7.65. The zero-order chi connectivity index (χ0) is 22.6. The second-order valence-corrected chi connectivity index (χ2v) is 7.84. The summed E-state index contributed by atoms with van der Waals surface area (Å²) < 4.78 is 13.3. The molecule has 1 N–H and O–H groups in total. The van der Waals surface area contributed by atoms with Crippen molar-refractivity contribution in [2.75, 3.05) is 12.4 Å². The van der Waals surface area contributed by atoms with Crippen LogP contribution in [0, 0.1) is 0 Å². The van der Waals surface area contributed by atoms with Crippen LogP contribution in [0.15, 0.2) is 73.1 Å². The number of nitrogens with zero attached hydrogens (tertiary/aromatic N) is 3. The second kappa shape index (κ2) is 9.16. The van der Waals surface area contributed by atoms with E-state index in [0.717, 1.165) is 41.8 Å². The first kappa shape index (κ1) is 20.8. The standard InChI is InChI=1S/C26H24N4O3/c1-32-23-13-12-19(15-24(23)33-17-18-7-6-14-27-16-18)28-26(31)25-21-10-5-11-22(21)30(29-25)20-8-3-2-4-9-20/h2-4,6-9,12-16H,5,10-11,17H2,1H3,(H,28,31). The summed E-state index contributed by atoms with van der Waals surface area (Å²) in [6, 6.07) is 19.1. The molecule has 0 saturated heterocycles. The van der Waals surface area contributed by atoms with Crippen LogP contribution in [-0.4, -0.2) is 27.8 Å². The van der Waals surface area contributed by atoms with Crippen molar-refractivity contribution >= 4 is 11.6 Å². The van der Waals surface area contributed by atoms with Gasteiger partial charge < -0.3 is 14.8 Å². The molecule has 1 aliphatic carbocycles. The third kappa shape index (κ3) is 4.30. The lowest BCUT2D eigenvalue weighted by Crippen LogP contribution is -2.15. The third-order valence-electron chi connectivity index (χ3n) is 5.68. The van der Waals surface area contributed by atoms with Gasteiger partial charge in [0.1, 0.15) is 6.61 Å². The van der Waals surface area contributed by atoms with Gasteiger partial charge in [-0.3, -0.25) is 9.78 Å². The fourth-order valence-electron chi connectivity index (χ4n) is 4.10. The first-order chi connectivity index (χ1) is 16.2. The Labute approximate surface area is 192 Å². The molecule has 33 heavy (non-hydrogen) atoms. The highest BCUT2D eigenvalue weighted by molar-refractivity contribution is 6.04. The summed E-state index contributed by atoms with van der Waals surface area (Å²) in [5.74, 6) is 0.900. The second-order valence-electron chi connectivity index (χ2n) is 7.84. The van der Waals surface area contributed by atoms with Crippen LogP contribution in [-0.2, 0) is 19.4 Å². The SMILES string of the molecule is COc1ccc(NC(=O)c2nn(-c3ccccc3)c3c2CCC3)cc1OCc1cccnc1. The van der Waals surface area contributed by atoms with Crippen molar-refractivity contribution < 1.29 is 14.3 Å². The van der Waals surface area contributed by atoms with Crippen molar-refractivity contribution in [3.63, 3.8) is 0 Å². The van der Waals surface area contributed by atoms with Crippen LogP contribution in [0.3, 0.4) is 0 Å². The average molecular weight is 441 g/mol. The Morgan fingerprint density at radius 3 is 2.73 bits per heavy atom. The van der Waals surface area contributed by atoms with Gasteiger partial charge in [-0.2, -0.15) is 5.10 Å². The molecule has 166 valence electrons. The van der Waals surface area contributed by atoms with E-state index in [9.17, 15) is 4.79 Å². The van der Waals surface area contributed by atoms with Crippen LogP contribution >= 0.6 is 0 Å². The maximum Gasteiger partial charge on any atom is 0.276 e. The highest BCUT2D eigenvalue weighted by Gasteiger charge is 2.27. The predicted octanol–water partition coefficient (Wildman–Crippen LogP) is 4.60. The number of nitrogens with one attached hydrogen (secondary N) is 1. The van der Waals surface area contributed by atoms with Gasteiger partial charge in [-0.25, -0.2) is 4.68 Å². The average Bonchev–Trinajstić information content (AvgIpc) is 3.47. The fourth-order valence-corrected chi connectivity index (χ4v) is 4.10. The maximum atomic E-state index is 13.2. The predicted molar refractivity (Wildman–Crippen MR) is 125 cm³/mol. The van der Waals surface area contributed by atoms with E-state index in [0.29, 0.717) is 29.5 Å². The van der Waals surface area contributed by atoms with Crippen LogP contribution in [0.5, 0.6) is 11.5 Å². The molecule has 2 aromatic heterocycles. The van der Waals surface area contributed by atoms with Crippen LogP contribution in [0.1, 0.15) is 33.7 Å². The minimum Gasteiger partial charge on any atom is -0.493 e. The molecule has 1 amide bonds. The van der Waals surface area contributed by atoms with E-state index in [1.165, 1.54) is 0 Å². The van der Waals surface area contributed by atoms with Gasteiger partial charge in [-0.05, 0) is 49.6 Å². The molecule has 0 bridgehead atoms. The number of methoxy groups -OCH3 is 1. The number of hydrogen-bond acceptors (Lipinski definition) is 5. The number of fused-ring (bicyclic) bond motifs is 1. The van der Waals surface area contributed by atoms with Crippen LogP contribution in [0.2, 0.25) is 0 Å². The summed E-state index contributed by atoms with van der Waals surface area (Å²) in [4.78, 5) is 17.3. The van der Waals surface area contributed by atoms with Gasteiger partial charge in [0.2, 0.25) is 0 Å². The summed E-state index contributed by atoms with van der Waals surface area (Å²) in [6.07, 6.45) is 6.26. The lowest BCUT2D eigenvalue weighted by atomic mass is 10.2. The Hall–Kier alpha value is -4.13. The van der Waals surface area contributed by atoms with Gasteiger partial charge in [0.05, 0.1) is 12.8 Å². The molecule has 7 nitrogen and oxygen atoms in total. The maximum absolute atomic E-state index is 13.2. The molecule has 7 heteroatoms. The van der Waals surface area contributed by atoms with Crippen molar-refractivity contribution in [2.45, 2.75) is 25.9 Å². The van der Waals surface area contributed by atoms with E-state index >= 15 is 0 Å². The van der Waals surface area contributed by atoms with E-state index in [2.05, 4.69) is 15.4 Å². The molecule has 5 rings (SSSR count). The minimum absolute atomic E-state index is 0.230. The van der Waals surface area contributed by atoms with E-state index in [1.54, 1.807) is 37.7 Å². The molecular formula is C26H24N4O3. The molecule has 0 atom stereocenters. The van der Waals surface area contributed by atoms with Gasteiger partial charge in [0.25, 0.3) is 5.91 Å². The number of carbonyl (C=O) groups is 1. The quantitative estimate of drug-likeness (QED) is 0.455. The lowest BCUT2D eigenvalue weighted by molar-refractivity contribution is 0.102. The number of ether oxygens (including phenoxy) is 2. The Morgan fingerprint density at radius 2 is 1.94 bits per heavy atom. The van der Waals surface area contributed by atoms with Crippen molar-refractivity contribution in [3.05, 3.63) is 95.6 Å². The highest BCUT2D eigenvalue weighted by Crippen LogP contribution is 2.32. The number of amides is 1. The zero-order valence-corrected chi connectivity index (χ0v) is 18.3. The number of hydrogen-bond donors (Lipinski definition) is 1. The zero-order valence-electron chi connectivity index (χ0n) is 18.3.